The van der Waals surface area contributed by atoms with E-state index >= 15 is 0 Å². The quantitative estimate of drug-likeness (QED) is 0.791. The highest BCUT2D eigenvalue weighted by molar-refractivity contribution is 7.19. The summed E-state index contributed by atoms with van der Waals surface area (Å²) in [5.74, 6) is 0.631. The van der Waals surface area contributed by atoms with Crippen molar-refractivity contribution in [2.75, 3.05) is 42.3 Å². The fraction of sp³-hybridized carbons (Fsp3) is 0.462. The minimum Gasteiger partial charge on any atom is -0.375 e. The smallest absolute Gasteiger partial charge is 0.252 e. The second-order valence-corrected chi connectivity index (χ2v) is 6.03. The molecule has 9 nitrogen and oxygen atoms in total. The summed E-state index contributed by atoms with van der Waals surface area (Å²) >= 11 is 1.30. The molecule has 3 heterocycles. The SMILES string of the molecule is COCC(=O)Nc1nnc(N[C@@H]2CCN(c3cccnn3)C2)s1. The molecule has 2 aromatic heterocycles. The van der Waals surface area contributed by atoms with E-state index in [9.17, 15) is 4.79 Å². The van der Waals surface area contributed by atoms with E-state index in [4.69, 9.17) is 4.74 Å². The van der Waals surface area contributed by atoms with Crippen LogP contribution in [0.3, 0.4) is 0 Å². The average molecular weight is 335 g/mol. The van der Waals surface area contributed by atoms with Gasteiger partial charge in [-0.1, -0.05) is 11.3 Å². The molecule has 1 saturated heterocycles. The van der Waals surface area contributed by atoms with Crippen LogP contribution in [0.15, 0.2) is 18.3 Å². The Balaban J connectivity index is 1.53. The molecular weight excluding hydrogens is 318 g/mol. The molecule has 3 rings (SSSR count). The first-order valence-electron chi connectivity index (χ1n) is 7.16. The summed E-state index contributed by atoms with van der Waals surface area (Å²) in [4.78, 5) is 13.6. The maximum Gasteiger partial charge on any atom is 0.252 e. The Morgan fingerprint density at radius 3 is 3.09 bits per heavy atom. The van der Waals surface area contributed by atoms with Crippen LogP contribution in [-0.2, 0) is 9.53 Å². The van der Waals surface area contributed by atoms with Crippen LogP contribution in [-0.4, -0.2) is 59.1 Å². The highest BCUT2D eigenvalue weighted by atomic mass is 32.1. The van der Waals surface area contributed by atoms with Crippen LogP contribution in [0.1, 0.15) is 6.42 Å². The molecule has 1 amide bonds. The Morgan fingerprint density at radius 1 is 1.43 bits per heavy atom. The number of hydrogen-bond donors (Lipinski definition) is 2. The van der Waals surface area contributed by atoms with Crippen molar-refractivity contribution < 1.29 is 9.53 Å². The van der Waals surface area contributed by atoms with Crippen LogP contribution >= 0.6 is 11.3 Å². The number of aromatic nitrogens is 4. The highest BCUT2D eigenvalue weighted by Gasteiger charge is 2.24. The van der Waals surface area contributed by atoms with Gasteiger partial charge in [-0.2, -0.15) is 5.10 Å². The summed E-state index contributed by atoms with van der Waals surface area (Å²) in [6.07, 6.45) is 2.64. The van der Waals surface area contributed by atoms with Crippen LogP contribution < -0.4 is 15.5 Å². The van der Waals surface area contributed by atoms with E-state index in [1.165, 1.54) is 18.4 Å². The first-order chi connectivity index (χ1) is 11.2. The third-order valence-corrected chi connectivity index (χ3v) is 4.11. The maximum absolute atomic E-state index is 11.4. The van der Waals surface area contributed by atoms with Gasteiger partial charge in [-0.15, -0.1) is 15.3 Å². The van der Waals surface area contributed by atoms with Gasteiger partial charge in [0.05, 0.1) is 0 Å². The summed E-state index contributed by atoms with van der Waals surface area (Å²) < 4.78 is 4.76. The minimum atomic E-state index is -0.245. The summed E-state index contributed by atoms with van der Waals surface area (Å²) in [6.45, 7) is 1.73. The topological polar surface area (TPSA) is 105 Å². The van der Waals surface area contributed by atoms with E-state index in [1.54, 1.807) is 6.20 Å². The molecule has 2 aromatic rings. The van der Waals surface area contributed by atoms with E-state index in [2.05, 4.69) is 35.9 Å². The number of nitrogens with zero attached hydrogens (tertiary/aromatic N) is 5. The van der Waals surface area contributed by atoms with Gasteiger partial charge in [-0.25, -0.2) is 0 Å². The van der Waals surface area contributed by atoms with Crippen LogP contribution in [0.2, 0.25) is 0 Å². The van der Waals surface area contributed by atoms with Crippen molar-refractivity contribution in [3.63, 3.8) is 0 Å². The molecule has 1 atom stereocenters. The summed E-state index contributed by atoms with van der Waals surface area (Å²) in [5, 5.41) is 23.1. The average Bonchev–Trinajstić information content (AvgIpc) is 3.19. The number of carbonyl (C=O) groups is 1. The second kappa shape index (κ2) is 7.29. The van der Waals surface area contributed by atoms with Gasteiger partial charge in [0, 0.05) is 32.4 Å². The van der Waals surface area contributed by atoms with E-state index in [-0.39, 0.29) is 18.6 Å². The molecule has 122 valence electrons. The lowest BCUT2D eigenvalue weighted by molar-refractivity contribution is -0.119. The van der Waals surface area contributed by atoms with E-state index in [1.807, 2.05) is 12.1 Å². The Hall–Kier alpha value is -2.33. The largest absolute Gasteiger partial charge is 0.375 e. The summed E-state index contributed by atoms with van der Waals surface area (Å²) in [5.41, 5.74) is 0. The monoisotopic (exact) mass is 335 g/mol. The van der Waals surface area contributed by atoms with E-state index < -0.39 is 0 Å². The Labute approximate surface area is 137 Å². The van der Waals surface area contributed by atoms with Crippen LogP contribution in [0.4, 0.5) is 16.1 Å². The predicted octanol–water partition coefficient (Wildman–Crippen LogP) is 0.604. The van der Waals surface area contributed by atoms with Crippen LogP contribution in [0.5, 0.6) is 0 Å². The van der Waals surface area contributed by atoms with Crippen molar-refractivity contribution in [3.05, 3.63) is 18.3 Å². The molecule has 10 heteroatoms. The van der Waals surface area contributed by atoms with Gasteiger partial charge >= 0.3 is 0 Å². The normalized spacial score (nSPS) is 17.3. The molecule has 0 spiro atoms. The highest BCUT2D eigenvalue weighted by Crippen LogP contribution is 2.24. The zero-order chi connectivity index (χ0) is 16.1. The van der Waals surface area contributed by atoms with Crippen molar-refractivity contribution in [3.8, 4) is 0 Å². The molecule has 2 N–H and O–H groups in total. The fourth-order valence-electron chi connectivity index (χ4n) is 2.34. The molecule has 0 aliphatic carbocycles. The molecule has 0 unspecified atom stereocenters. The van der Waals surface area contributed by atoms with Gasteiger partial charge in [0.15, 0.2) is 5.82 Å². The standard InChI is InChI=1S/C13H17N7O2S/c1-22-8-11(21)16-13-19-18-12(23-13)15-9-4-6-20(7-9)10-3-2-5-14-17-10/h2-3,5,9H,4,6-8H2,1H3,(H,15,18)(H,16,19,21)/t9-/m1/s1. The van der Waals surface area contributed by atoms with Crippen molar-refractivity contribution in [1.29, 1.82) is 0 Å². The molecule has 0 bridgehead atoms. The molecule has 1 aliphatic heterocycles. The predicted molar refractivity (Wildman–Crippen MR) is 86.7 cm³/mol. The fourth-order valence-corrected chi connectivity index (χ4v) is 3.08. The number of anilines is 3. The lowest BCUT2D eigenvalue weighted by Gasteiger charge is -2.16. The van der Waals surface area contributed by atoms with Gasteiger partial charge in [0.1, 0.15) is 6.61 Å². The molecule has 0 radical (unpaired) electrons. The molecule has 1 aliphatic rings. The summed E-state index contributed by atoms with van der Waals surface area (Å²) in [6, 6.07) is 4.08. The molecule has 0 aromatic carbocycles. The third-order valence-electron chi connectivity index (χ3n) is 3.34. The lowest BCUT2D eigenvalue weighted by atomic mass is 10.3. The van der Waals surface area contributed by atoms with Crippen molar-refractivity contribution >= 4 is 33.3 Å². The Morgan fingerprint density at radius 2 is 2.30 bits per heavy atom. The van der Waals surface area contributed by atoms with Gasteiger partial charge in [-0.05, 0) is 18.6 Å². The zero-order valence-corrected chi connectivity index (χ0v) is 13.4. The van der Waals surface area contributed by atoms with Gasteiger partial charge in [0.25, 0.3) is 5.91 Å². The van der Waals surface area contributed by atoms with Crippen LogP contribution in [0, 0.1) is 0 Å². The molecule has 1 fully saturated rings. The molecule has 0 saturated carbocycles. The maximum atomic E-state index is 11.4. The minimum absolute atomic E-state index is 0.00195. The summed E-state index contributed by atoms with van der Waals surface area (Å²) in [7, 11) is 1.47. The van der Waals surface area contributed by atoms with Gasteiger partial charge < -0.3 is 15.0 Å². The number of rotatable bonds is 6. The van der Waals surface area contributed by atoms with E-state index in [0.717, 1.165) is 25.3 Å². The second-order valence-electron chi connectivity index (χ2n) is 5.05. The van der Waals surface area contributed by atoms with Crippen LogP contribution in [0.25, 0.3) is 0 Å². The first kappa shape index (κ1) is 15.6. The van der Waals surface area contributed by atoms with Crippen molar-refractivity contribution in [2.24, 2.45) is 0 Å². The number of carbonyl (C=O) groups excluding carboxylic acids is 1. The number of amides is 1. The third kappa shape index (κ3) is 4.11. The number of nitrogens with one attached hydrogen (secondary N) is 2. The van der Waals surface area contributed by atoms with Gasteiger partial charge in [-0.3, -0.25) is 10.1 Å². The molecule has 23 heavy (non-hydrogen) atoms. The first-order valence-corrected chi connectivity index (χ1v) is 7.97. The lowest BCUT2D eigenvalue weighted by Crippen LogP contribution is -2.26. The van der Waals surface area contributed by atoms with E-state index in [0.29, 0.717) is 10.3 Å². The van der Waals surface area contributed by atoms with Crippen molar-refractivity contribution in [2.45, 2.75) is 12.5 Å². The zero-order valence-electron chi connectivity index (χ0n) is 12.6. The number of methoxy groups -OCH3 is 1. The van der Waals surface area contributed by atoms with Crippen molar-refractivity contribution in [1.82, 2.24) is 20.4 Å². The number of ether oxygens (including phenoxy) is 1. The molecular formula is C13H17N7O2S. The number of hydrogen-bond acceptors (Lipinski definition) is 9. The van der Waals surface area contributed by atoms with Gasteiger partial charge in [0.2, 0.25) is 10.3 Å². The Bertz CT molecular complexity index is 651. The Kier molecular flexibility index (Phi) is 4.93.